The molecule has 0 aromatic carbocycles. The summed E-state index contributed by atoms with van der Waals surface area (Å²) in [5.74, 6) is -0.713. The molecule has 1 aliphatic heterocycles. The number of hydrogen-bond acceptors (Lipinski definition) is 4. The van der Waals surface area contributed by atoms with E-state index in [9.17, 15) is 14.0 Å². The molecule has 3 N–H and O–H groups in total. The lowest BCUT2D eigenvalue weighted by Crippen LogP contribution is -2.31. The second-order valence-corrected chi connectivity index (χ2v) is 6.78. The predicted octanol–water partition coefficient (Wildman–Crippen LogP) is 1.95. The first kappa shape index (κ1) is 18.8. The average molecular weight is 371 g/mol. The van der Waals surface area contributed by atoms with Gasteiger partial charge < -0.3 is 20.5 Å². The quantitative estimate of drug-likeness (QED) is 0.701. The summed E-state index contributed by atoms with van der Waals surface area (Å²) in [7, 11) is 3.87. The first-order valence-electron chi connectivity index (χ1n) is 8.59. The van der Waals surface area contributed by atoms with E-state index >= 15 is 0 Å². The van der Waals surface area contributed by atoms with E-state index in [0.29, 0.717) is 40.5 Å². The zero-order chi connectivity index (χ0) is 19.7. The number of likely N-dealkylation sites (N-methyl/N-ethyl adjacent to an activating group) is 1. The highest BCUT2D eigenvalue weighted by Crippen LogP contribution is 2.32. The van der Waals surface area contributed by atoms with Gasteiger partial charge in [-0.15, -0.1) is 0 Å². The van der Waals surface area contributed by atoms with Crippen LogP contribution in [-0.4, -0.2) is 53.9 Å². The van der Waals surface area contributed by atoms with Crippen LogP contribution < -0.4 is 10.6 Å². The number of aromatic nitrogens is 2. The molecule has 0 bridgehead atoms. The van der Waals surface area contributed by atoms with Crippen LogP contribution in [0.15, 0.2) is 12.3 Å². The van der Waals surface area contributed by atoms with Crippen LogP contribution in [0.2, 0.25) is 0 Å². The average Bonchev–Trinajstić information content (AvgIpc) is 3.04. The minimum Gasteiger partial charge on any atom is -0.358 e. The predicted molar refractivity (Wildman–Crippen MR) is 102 cm³/mol. The Morgan fingerprint density at radius 3 is 2.81 bits per heavy atom. The van der Waals surface area contributed by atoms with Crippen LogP contribution in [0.25, 0.3) is 11.6 Å². The van der Waals surface area contributed by atoms with Gasteiger partial charge in [0.05, 0.1) is 17.3 Å². The molecule has 7 nitrogen and oxygen atoms in total. The van der Waals surface area contributed by atoms with Gasteiger partial charge in [-0.25, -0.2) is 9.37 Å². The van der Waals surface area contributed by atoms with E-state index in [-0.39, 0.29) is 11.8 Å². The molecule has 2 amide bonds. The number of nitrogens with zero attached hydrogens (tertiary/aromatic N) is 2. The van der Waals surface area contributed by atoms with Gasteiger partial charge in [-0.3, -0.25) is 9.59 Å². The molecule has 3 rings (SSSR count). The van der Waals surface area contributed by atoms with Crippen molar-refractivity contribution >= 4 is 29.3 Å². The Labute approximate surface area is 156 Å². The van der Waals surface area contributed by atoms with Crippen LogP contribution in [0.4, 0.5) is 10.2 Å². The van der Waals surface area contributed by atoms with Crippen molar-refractivity contribution in [2.24, 2.45) is 0 Å². The fraction of sp³-hybridized carbons (Fsp3) is 0.316. The molecule has 8 heteroatoms. The summed E-state index contributed by atoms with van der Waals surface area (Å²) in [6.07, 6.45) is 2.68. The smallest absolute Gasteiger partial charge is 0.257 e. The molecule has 2 aromatic heterocycles. The monoisotopic (exact) mass is 371 g/mol. The van der Waals surface area contributed by atoms with Gasteiger partial charge in [-0.2, -0.15) is 0 Å². The van der Waals surface area contributed by atoms with Crippen LogP contribution in [0.1, 0.15) is 32.9 Å². The van der Waals surface area contributed by atoms with Gasteiger partial charge in [-0.05, 0) is 45.6 Å². The van der Waals surface area contributed by atoms with Crippen molar-refractivity contribution in [1.82, 2.24) is 20.2 Å². The van der Waals surface area contributed by atoms with E-state index in [1.807, 2.05) is 25.9 Å². The maximum absolute atomic E-state index is 13.5. The van der Waals surface area contributed by atoms with Crippen LogP contribution in [0.5, 0.6) is 0 Å². The van der Waals surface area contributed by atoms with Crippen molar-refractivity contribution in [2.75, 3.05) is 32.5 Å². The molecule has 0 saturated carbocycles. The molecule has 27 heavy (non-hydrogen) atoms. The van der Waals surface area contributed by atoms with E-state index in [1.54, 1.807) is 13.0 Å². The number of amides is 2. The number of nitrogens with one attached hydrogen (secondary N) is 3. The molecular formula is C19H22FN5O2. The molecule has 0 fully saturated rings. The summed E-state index contributed by atoms with van der Waals surface area (Å²) in [4.78, 5) is 33.8. The summed E-state index contributed by atoms with van der Waals surface area (Å²) < 4.78 is 13.5. The summed E-state index contributed by atoms with van der Waals surface area (Å²) in [6, 6.07) is 1.27. The minimum atomic E-state index is -0.517. The van der Waals surface area contributed by atoms with Crippen LogP contribution in [-0.2, 0) is 4.79 Å². The van der Waals surface area contributed by atoms with Crippen LogP contribution >= 0.6 is 0 Å². The molecule has 0 saturated heterocycles. The summed E-state index contributed by atoms with van der Waals surface area (Å²) >= 11 is 0. The van der Waals surface area contributed by atoms with Crippen LogP contribution in [0.3, 0.4) is 0 Å². The summed E-state index contributed by atoms with van der Waals surface area (Å²) in [5.41, 5.74) is 3.33. The van der Waals surface area contributed by atoms with E-state index in [1.165, 1.54) is 6.07 Å². The third-order valence-corrected chi connectivity index (χ3v) is 4.46. The number of carbonyl (C=O) groups excluding carboxylic acids is 2. The Balaban J connectivity index is 1.91. The van der Waals surface area contributed by atoms with E-state index in [2.05, 4.69) is 20.6 Å². The SMILES string of the molecule is Cc1[nH]c(/C=C2\C(=O)Nc3ncc(F)cc32)c(C)c1C(=O)NCCN(C)C. The molecule has 3 heterocycles. The first-order chi connectivity index (χ1) is 12.8. The minimum absolute atomic E-state index is 0.170. The highest BCUT2D eigenvalue weighted by molar-refractivity contribution is 6.34. The van der Waals surface area contributed by atoms with Gasteiger partial charge in [0.1, 0.15) is 11.6 Å². The Morgan fingerprint density at radius 2 is 2.11 bits per heavy atom. The number of pyridine rings is 1. The number of hydrogen-bond donors (Lipinski definition) is 3. The molecule has 0 aliphatic carbocycles. The van der Waals surface area contributed by atoms with E-state index in [4.69, 9.17) is 0 Å². The number of aromatic amines is 1. The Hall–Kier alpha value is -3.00. The number of H-pyrrole nitrogens is 1. The highest BCUT2D eigenvalue weighted by Gasteiger charge is 2.27. The highest BCUT2D eigenvalue weighted by atomic mass is 19.1. The fourth-order valence-electron chi connectivity index (χ4n) is 3.07. The lowest BCUT2D eigenvalue weighted by Gasteiger charge is -2.10. The maximum Gasteiger partial charge on any atom is 0.257 e. The fourth-order valence-corrected chi connectivity index (χ4v) is 3.07. The molecule has 0 unspecified atom stereocenters. The third-order valence-electron chi connectivity index (χ3n) is 4.46. The summed E-state index contributed by atoms with van der Waals surface area (Å²) in [6.45, 7) is 4.89. The first-order valence-corrected chi connectivity index (χ1v) is 8.59. The number of carbonyl (C=O) groups is 2. The van der Waals surface area contributed by atoms with Gasteiger partial charge in [-0.1, -0.05) is 0 Å². The van der Waals surface area contributed by atoms with Crippen molar-refractivity contribution in [3.05, 3.63) is 46.2 Å². The van der Waals surface area contributed by atoms with E-state index < -0.39 is 5.82 Å². The van der Waals surface area contributed by atoms with Crippen molar-refractivity contribution in [3.63, 3.8) is 0 Å². The second-order valence-electron chi connectivity index (χ2n) is 6.78. The van der Waals surface area contributed by atoms with Gasteiger partial charge in [0.25, 0.3) is 11.8 Å². The normalized spacial score (nSPS) is 14.6. The Bertz CT molecular complexity index is 946. The topological polar surface area (TPSA) is 90.1 Å². The zero-order valence-electron chi connectivity index (χ0n) is 15.7. The lowest BCUT2D eigenvalue weighted by atomic mass is 10.0. The molecule has 1 aliphatic rings. The number of fused-ring (bicyclic) bond motifs is 1. The standard InChI is InChI=1S/C19H22FN5O2/c1-10-15(23-11(2)16(10)19(27)21-5-6-25(3)4)8-14-13-7-12(20)9-22-17(13)24-18(14)26/h7-9,23H,5-6H2,1-4H3,(H,21,27)(H,22,24,26)/b14-8-. The maximum atomic E-state index is 13.5. The molecule has 2 aromatic rings. The van der Waals surface area contributed by atoms with Gasteiger partial charge in [0, 0.05) is 30.0 Å². The molecule has 142 valence electrons. The number of rotatable bonds is 5. The van der Waals surface area contributed by atoms with Crippen LogP contribution in [0, 0.1) is 19.7 Å². The molecule has 0 spiro atoms. The number of anilines is 1. The summed E-state index contributed by atoms with van der Waals surface area (Å²) in [5, 5.41) is 5.50. The van der Waals surface area contributed by atoms with Crippen molar-refractivity contribution in [1.29, 1.82) is 0 Å². The molecular weight excluding hydrogens is 349 g/mol. The van der Waals surface area contributed by atoms with Crippen molar-refractivity contribution < 1.29 is 14.0 Å². The Morgan fingerprint density at radius 1 is 1.37 bits per heavy atom. The molecule has 0 radical (unpaired) electrons. The van der Waals surface area contributed by atoms with Gasteiger partial charge in [0.2, 0.25) is 0 Å². The largest absolute Gasteiger partial charge is 0.358 e. The molecule has 0 atom stereocenters. The number of aryl methyl sites for hydroxylation is 1. The number of halogens is 1. The Kier molecular flexibility index (Phi) is 5.09. The van der Waals surface area contributed by atoms with Gasteiger partial charge >= 0.3 is 0 Å². The van der Waals surface area contributed by atoms with Gasteiger partial charge in [0.15, 0.2) is 0 Å². The lowest BCUT2D eigenvalue weighted by molar-refractivity contribution is -0.110. The van der Waals surface area contributed by atoms with E-state index in [0.717, 1.165) is 18.3 Å². The van der Waals surface area contributed by atoms with Crippen molar-refractivity contribution in [3.8, 4) is 0 Å². The second kappa shape index (κ2) is 7.32. The zero-order valence-corrected chi connectivity index (χ0v) is 15.7. The third kappa shape index (κ3) is 3.75. The van der Waals surface area contributed by atoms with Crippen molar-refractivity contribution in [2.45, 2.75) is 13.8 Å².